The predicted molar refractivity (Wildman–Crippen MR) is 29.5 cm³/mol. The molecule has 0 unspecified atom stereocenters. The summed E-state index contributed by atoms with van der Waals surface area (Å²) in [7, 11) is -3.78. The number of rotatable bonds is 1. The highest BCUT2D eigenvalue weighted by Crippen LogP contribution is 2.42. The molecule has 0 saturated heterocycles. The number of hydrogen-bond acceptors (Lipinski definition) is 4. The number of carbonyl (C=O) groups is 1. The first-order chi connectivity index (χ1) is 4.06. The molecular weight excluding hydrogens is 139 g/mol. The Morgan fingerprint density at radius 1 is 1.44 bits per heavy atom. The molecule has 0 radical (unpaired) electrons. The second-order valence-electron chi connectivity index (χ2n) is 1.33. The summed E-state index contributed by atoms with van der Waals surface area (Å²) in [6.45, 7) is 0.965. The Kier molecular flexibility index (Phi) is 2.13. The van der Waals surface area contributed by atoms with Crippen LogP contribution in [0.1, 0.15) is 6.92 Å². The molecule has 0 saturated carbocycles. The average Bonchev–Trinajstić information content (AvgIpc) is 1.86. The highest BCUT2D eigenvalue weighted by atomic mass is 31.2. The topological polar surface area (TPSA) is 81.7 Å². The molecule has 0 heterocycles. The van der Waals surface area contributed by atoms with E-state index < -0.39 is 12.7 Å². The molecule has 0 rings (SSSR count). The summed E-state index contributed by atoms with van der Waals surface area (Å²) in [5, 5.41) is 16.0. The molecule has 0 fully saturated rings. The van der Waals surface area contributed by atoms with Crippen LogP contribution in [0.2, 0.25) is 0 Å². The highest BCUT2D eigenvalue weighted by Gasteiger charge is 2.26. The molecule has 0 aromatic carbocycles. The largest absolute Gasteiger partial charge is 0.334 e. The van der Waals surface area contributed by atoms with Crippen LogP contribution in [0.15, 0.2) is 0 Å². The van der Waals surface area contributed by atoms with Crippen molar-refractivity contribution in [3.05, 3.63) is 0 Å². The normalized spacial score (nSPS) is 9.22. The standard InChI is InChI=1S/C4H3N2O2P/c1-4(7)9(8,2-5)3-6/h1H3. The van der Waals surface area contributed by atoms with Crippen LogP contribution in [0.4, 0.5) is 0 Å². The Hall–Kier alpha value is -1.12. The first kappa shape index (κ1) is 7.88. The summed E-state index contributed by atoms with van der Waals surface area (Å²) in [5.74, 6) is 2.34. The van der Waals surface area contributed by atoms with Crippen LogP contribution in [0.3, 0.4) is 0 Å². The molecule has 0 aliphatic carbocycles. The van der Waals surface area contributed by atoms with E-state index in [4.69, 9.17) is 10.5 Å². The third-order valence-corrected chi connectivity index (χ3v) is 2.18. The van der Waals surface area contributed by atoms with Gasteiger partial charge in [0.25, 0.3) is 0 Å². The van der Waals surface area contributed by atoms with E-state index in [1.54, 1.807) is 0 Å². The second-order valence-corrected chi connectivity index (χ2v) is 3.58. The Balaban J connectivity index is 4.86. The van der Waals surface area contributed by atoms with Gasteiger partial charge >= 0.3 is 7.14 Å². The van der Waals surface area contributed by atoms with Crippen molar-refractivity contribution in [2.24, 2.45) is 0 Å². The van der Waals surface area contributed by atoms with Crippen LogP contribution >= 0.6 is 7.14 Å². The molecule has 0 N–H and O–H groups in total. The van der Waals surface area contributed by atoms with Crippen molar-refractivity contribution in [2.45, 2.75) is 6.92 Å². The van der Waals surface area contributed by atoms with Gasteiger partial charge < -0.3 is 0 Å². The second kappa shape index (κ2) is 2.44. The smallest absolute Gasteiger partial charge is 0.289 e. The van der Waals surface area contributed by atoms with E-state index in [0.29, 0.717) is 0 Å². The summed E-state index contributed by atoms with van der Waals surface area (Å²) in [4.78, 5) is 10.2. The zero-order valence-electron chi connectivity index (χ0n) is 4.66. The van der Waals surface area contributed by atoms with Crippen LogP contribution in [0.5, 0.6) is 0 Å². The molecule has 0 bridgehead atoms. The van der Waals surface area contributed by atoms with Gasteiger partial charge in [0.15, 0.2) is 11.6 Å². The fourth-order valence-electron chi connectivity index (χ4n) is 0.163. The number of carbonyl (C=O) groups excluding carboxylic acids is 1. The van der Waals surface area contributed by atoms with Gasteiger partial charge in [-0.05, 0) is 0 Å². The SMILES string of the molecule is CC(=O)P(=O)(C#N)C#N. The van der Waals surface area contributed by atoms with Gasteiger partial charge in [-0.25, -0.2) is 0 Å². The van der Waals surface area contributed by atoms with Gasteiger partial charge in [-0.15, -0.1) is 0 Å². The first-order valence-corrected chi connectivity index (χ1v) is 3.71. The van der Waals surface area contributed by atoms with E-state index in [1.807, 2.05) is 0 Å². The summed E-state index contributed by atoms with van der Waals surface area (Å²) >= 11 is 0. The number of hydrogen-bond donors (Lipinski definition) is 0. The van der Waals surface area contributed by atoms with Gasteiger partial charge in [0.05, 0.1) is 0 Å². The van der Waals surface area contributed by atoms with E-state index in [0.717, 1.165) is 6.92 Å². The van der Waals surface area contributed by atoms with E-state index in [-0.39, 0.29) is 0 Å². The Bertz CT molecular complexity index is 239. The van der Waals surface area contributed by atoms with Crippen molar-refractivity contribution >= 4 is 12.7 Å². The van der Waals surface area contributed by atoms with Gasteiger partial charge in [0, 0.05) is 6.92 Å². The van der Waals surface area contributed by atoms with Crippen LogP contribution in [0.25, 0.3) is 0 Å². The van der Waals surface area contributed by atoms with Crippen LogP contribution in [0, 0.1) is 22.1 Å². The summed E-state index contributed by atoms with van der Waals surface area (Å²) in [6, 6.07) is 0. The Morgan fingerprint density at radius 2 is 1.78 bits per heavy atom. The quantitative estimate of drug-likeness (QED) is 0.508. The van der Waals surface area contributed by atoms with E-state index in [2.05, 4.69) is 0 Å². The molecule has 5 heteroatoms. The lowest BCUT2D eigenvalue weighted by atomic mass is 10.9. The van der Waals surface area contributed by atoms with Crippen molar-refractivity contribution < 1.29 is 9.36 Å². The lowest BCUT2D eigenvalue weighted by Gasteiger charge is -1.88. The van der Waals surface area contributed by atoms with E-state index >= 15 is 0 Å². The van der Waals surface area contributed by atoms with Gasteiger partial charge in [-0.1, -0.05) is 0 Å². The van der Waals surface area contributed by atoms with Crippen molar-refractivity contribution in [1.29, 1.82) is 10.5 Å². The lowest BCUT2D eigenvalue weighted by molar-refractivity contribution is -0.109. The summed E-state index contributed by atoms with van der Waals surface area (Å²) < 4.78 is 10.6. The van der Waals surface area contributed by atoms with Gasteiger partial charge in [0.2, 0.25) is 5.52 Å². The zero-order chi connectivity index (χ0) is 7.49. The van der Waals surface area contributed by atoms with Crippen molar-refractivity contribution in [1.82, 2.24) is 0 Å². The fourth-order valence-corrected chi connectivity index (χ4v) is 0.490. The molecule has 0 amide bonds. The maximum atomic E-state index is 10.6. The Labute approximate surface area is 52.1 Å². The lowest BCUT2D eigenvalue weighted by Crippen LogP contribution is -1.86. The minimum absolute atomic E-state index is 0.854. The number of nitriles is 2. The molecule has 4 nitrogen and oxygen atoms in total. The fraction of sp³-hybridized carbons (Fsp3) is 0.250. The van der Waals surface area contributed by atoms with Crippen molar-refractivity contribution in [3.8, 4) is 11.6 Å². The molecule has 0 atom stereocenters. The van der Waals surface area contributed by atoms with Crippen LogP contribution in [-0.4, -0.2) is 5.52 Å². The first-order valence-electron chi connectivity index (χ1n) is 2.00. The molecule has 9 heavy (non-hydrogen) atoms. The maximum absolute atomic E-state index is 10.6. The minimum atomic E-state index is -3.78. The summed E-state index contributed by atoms with van der Waals surface area (Å²) in [6.07, 6.45) is 0. The minimum Gasteiger partial charge on any atom is -0.289 e. The molecule has 0 aliphatic rings. The third kappa shape index (κ3) is 1.38. The molecular formula is C4H3N2O2P. The molecule has 0 aliphatic heterocycles. The molecule has 0 aromatic heterocycles. The van der Waals surface area contributed by atoms with Gasteiger partial charge in [-0.3, -0.25) is 9.36 Å². The predicted octanol–water partition coefficient (Wildman–Crippen LogP) is 0.858. The number of nitrogens with zero attached hydrogens (tertiary/aromatic N) is 2. The maximum Gasteiger partial charge on any atom is 0.334 e. The van der Waals surface area contributed by atoms with Crippen LogP contribution < -0.4 is 0 Å². The molecule has 46 valence electrons. The van der Waals surface area contributed by atoms with Crippen molar-refractivity contribution in [3.63, 3.8) is 0 Å². The Morgan fingerprint density at radius 3 is 1.78 bits per heavy atom. The van der Waals surface area contributed by atoms with Crippen LogP contribution in [-0.2, 0) is 9.36 Å². The third-order valence-electron chi connectivity index (χ3n) is 0.725. The monoisotopic (exact) mass is 142 g/mol. The van der Waals surface area contributed by atoms with Crippen molar-refractivity contribution in [2.75, 3.05) is 0 Å². The summed E-state index contributed by atoms with van der Waals surface area (Å²) in [5.41, 5.74) is -0.854. The zero-order valence-corrected chi connectivity index (χ0v) is 5.55. The average molecular weight is 142 g/mol. The molecule has 0 spiro atoms. The van der Waals surface area contributed by atoms with E-state index in [9.17, 15) is 9.36 Å². The van der Waals surface area contributed by atoms with Gasteiger partial charge in [-0.2, -0.15) is 10.5 Å². The van der Waals surface area contributed by atoms with E-state index in [1.165, 1.54) is 11.6 Å². The highest BCUT2D eigenvalue weighted by molar-refractivity contribution is 7.88. The molecule has 0 aromatic rings. The van der Waals surface area contributed by atoms with Gasteiger partial charge in [0.1, 0.15) is 0 Å².